The molecule has 1 N–H and O–H groups in total. The summed E-state index contributed by atoms with van der Waals surface area (Å²) in [6.45, 7) is 7.11. The van der Waals surface area contributed by atoms with Crippen molar-refractivity contribution in [3.8, 4) is 0 Å². The van der Waals surface area contributed by atoms with Gasteiger partial charge in [0.15, 0.2) is 0 Å². The summed E-state index contributed by atoms with van der Waals surface area (Å²) in [4.78, 5) is 22.9. The minimum atomic E-state index is -0.947. The Morgan fingerprint density at radius 2 is 1.93 bits per heavy atom. The van der Waals surface area contributed by atoms with Gasteiger partial charge in [0.25, 0.3) is 0 Å². The highest BCUT2D eigenvalue weighted by molar-refractivity contribution is 5.93. The SMILES string of the molecule is CC[C@@](C)(NC(=O)C=C(C)C)C(=O)OC. The summed E-state index contributed by atoms with van der Waals surface area (Å²) >= 11 is 0. The van der Waals surface area contributed by atoms with Gasteiger partial charge in [0, 0.05) is 6.08 Å². The summed E-state index contributed by atoms with van der Waals surface area (Å²) in [5, 5.41) is 2.64. The van der Waals surface area contributed by atoms with Crippen molar-refractivity contribution in [2.75, 3.05) is 7.11 Å². The standard InChI is InChI=1S/C11H19NO3/c1-6-11(4,10(14)15-5)12-9(13)7-8(2)3/h7H,6H2,1-5H3,(H,12,13)/t11-/m1/s1. The van der Waals surface area contributed by atoms with Crippen LogP contribution < -0.4 is 5.32 Å². The van der Waals surface area contributed by atoms with Gasteiger partial charge in [-0.15, -0.1) is 0 Å². The van der Waals surface area contributed by atoms with Crippen molar-refractivity contribution in [3.63, 3.8) is 0 Å². The lowest BCUT2D eigenvalue weighted by atomic mass is 9.99. The Morgan fingerprint density at radius 3 is 2.27 bits per heavy atom. The normalized spacial score (nSPS) is 13.7. The second-order valence-corrected chi connectivity index (χ2v) is 3.89. The predicted molar refractivity (Wildman–Crippen MR) is 58.3 cm³/mol. The van der Waals surface area contributed by atoms with Gasteiger partial charge in [-0.25, -0.2) is 4.79 Å². The van der Waals surface area contributed by atoms with E-state index in [2.05, 4.69) is 10.1 Å². The lowest BCUT2D eigenvalue weighted by molar-refractivity contribution is -0.149. The average molecular weight is 213 g/mol. The van der Waals surface area contributed by atoms with E-state index >= 15 is 0 Å². The molecule has 0 saturated carbocycles. The fraction of sp³-hybridized carbons (Fsp3) is 0.636. The molecule has 1 atom stereocenters. The van der Waals surface area contributed by atoms with Crippen molar-refractivity contribution < 1.29 is 14.3 Å². The van der Waals surface area contributed by atoms with Crippen LogP contribution in [0.25, 0.3) is 0 Å². The van der Waals surface area contributed by atoms with E-state index in [9.17, 15) is 9.59 Å². The lowest BCUT2D eigenvalue weighted by Gasteiger charge is -2.25. The molecule has 15 heavy (non-hydrogen) atoms. The van der Waals surface area contributed by atoms with Gasteiger partial charge in [0.05, 0.1) is 7.11 Å². The van der Waals surface area contributed by atoms with E-state index in [1.54, 1.807) is 6.92 Å². The Hall–Kier alpha value is -1.32. The predicted octanol–water partition coefficient (Wildman–Crippen LogP) is 1.41. The van der Waals surface area contributed by atoms with Gasteiger partial charge in [0.1, 0.15) is 5.54 Å². The summed E-state index contributed by atoms with van der Waals surface area (Å²) in [5.41, 5.74) is -0.0616. The van der Waals surface area contributed by atoms with E-state index in [0.29, 0.717) is 6.42 Å². The third-order valence-electron chi connectivity index (χ3n) is 2.16. The quantitative estimate of drug-likeness (QED) is 0.567. The number of hydrogen-bond acceptors (Lipinski definition) is 3. The summed E-state index contributed by atoms with van der Waals surface area (Å²) < 4.78 is 4.64. The molecule has 1 amide bonds. The van der Waals surface area contributed by atoms with Crippen molar-refractivity contribution in [1.82, 2.24) is 5.32 Å². The molecule has 86 valence electrons. The average Bonchev–Trinajstić information content (AvgIpc) is 2.14. The van der Waals surface area contributed by atoms with Crippen LogP contribution in [0.5, 0.6) is 0 Å². The van der Waals surface area contributed by atoms with Crippen molar-refractivity contribution in [2.24, 2.45) is 0 Å². The summed E-state index contributed by atoms with van der Waals surface area (Å²) in [5.74, 6) is -0.703. The minimum Gasteiger partial charge on any atom is -0.467 e. The van der Waals surface area contributed by atoms with Gasteiger partial charge in [-0.2, -0.15) is 0 Å². The summed E-state index contributed by atoms with van der Waals surface area (Å²) in [6.07, 6.45) is 1.94. The van der Waals surface area contributed by atoms with E-state index in [-0.39, 0.29) is 5.91 Å². The molecular formula is C11H19NO3. The van der Waals surface area contributed by atoms with E-state index in [1.807, 2.05) is 20.8 Å². The highest BCUT2D eigenvalue weighted by Crippen LogP contribution is 2.11. The molecule has 0 aromatic heterocycles. The van der Waals surface area contributed by atoms with Crippen LogP contribution in [0.3, 0.4) is 0 Å². The molecule has 0 aliphatic heterocycles. The van der Waals surface area contributed by atoms with Crippen LogP contribution in [0.4, 0.5) is 0 Å². The second kappa shape index (κ2) is 5.53. The van der Waals surface area contributed by atoms with Crippen molar-refractivity contribution in [1.29, 1.82) is 0 Å². The van der Waals surface area contributed by atoms with Gasteiger partial charge in [-0.05, 0) is 27.2 Å². The van der Waals surface area contributed by atoms with Gasteiger partial charge in [-0.3, -0.25) is 4.79 Å². The number of hydrogen-bond donors (Lipinski definition) is 1. The van der Waals surface area contributed by atoms with Crippen molar-refractivity contribution >= 4 is 11.9 Å². The van der Waals surface area contributed by atoms with Crippen LogP contribution in [0.15, 0.2) is 11.6 Å². The molecule has 0 saturated heterocycles. The maximum absolute atomic E-state index is 11.5. The lowest BCUT2D eigenvalue weighted by Crippen LogP contribution is -2.51. The number of nitrogens with one attached hydrogen (secondary N) is 1. The third-order valence-corrected chi connectivity index (χ3v) is 2.16. The first-order chi connectivity index (χ1) is 6.85. The first kappa shape index (κ1) is 13.7. The van der Waals surface area contributed by atoms with E-state index in [4.69, 9.17) is 0 Å². The van der Waals surface area contributed by atoms with E-state index in [0.717, 1.165) is 5.57 Å². The molecule has 0 aromatic carbocycles. The number of carbonyl (C=O) groups excluding carboxylic acids is 2. The molecule has 0 aliphatic rings. The molecule has 0 aromatic rings. The minimum absolute atomic E-state index is 0.273. The largest absolute Gasteiger partial charge is 0.467 e. The van der Waals surface area contributed by atoms with Crippen molar-refractivity contribution in [2.45, 2.75) is 39.7 Å². The molecule has 0 fully saturated rings. The number of methoxy groups -OCH3 is 1. The Morgan fingerprint density at radius 1 is 1.40 bits per heavy atom. The molecular weight excluding hydrogens is 194 g/mol. The number of ether oxygens (including phenoxy) is 1. The van der Waals surface area contributed by atoms with Crippen LogP contribution >= 0.6 is 0 Å². The Balaban J connectivity index is 4.65. The zero-order chi connectivity index (χ0) is 12.1. The summed E-state index contributed by atoms with van der Waals surface area (Å²) in [7, 11) is 1.31. The molecule has 4 heteroatoms. The first-order valence-corrected chi connectivity index (χ1v) is 4.91. The van der Waals surface area contributed by atoms with E-state index < -0.39 is 11.5 Å². The fourth-order valence-corrected chi connectivity index (χ4v) is 1.08. The van der Waals surface area contributed by atoms with Crippen LogP contribution in [0, 0.1) is 0 Å². The maximum atomic E-state index is 11.5. The number of allylic oxidation sites excluding steroid dienone is 1. The number of carbonyl (C=O) groups is 2. The van der Waals surface area contributed by atoms with Gasteiger partial charge >= 0.3 is 5.97 Å². The van der Waals surface area contributed by atoms with Gasteiger partial charge < -0.3 is 10.1 Å². The highest BCUT2D eigenvalue weighted by Gasteiger charge is 2.33. The second-order valence-electron chi connectivity index (χ2n) is 3.89. The van der Waals surface area contributed by atoms with Crippen LogP contribution in [-0.2, 0) is 14.3 Å². The van der Waals surface area contributed by atoms with Gasteiger partial charge in [0.2, 0.25) is 5.91 Å². The number of esters is 1. The Labute approximate surface area is 90.7 Å². The number of amides is 1. The van der Waals surface area contributed by atoms with Crippen LogP contribution in [0.1, 0.15) is 34.1 Å². The monoisotopic (exact) mass is 213 g/mol. The molecule has 0 bridgehead atoms. The van der Waals surface area contributed by atoms with Crippen LogP contribution in [0.2, 0.25) is 0 Å². The molecule has 0 rings (SSSR count). The van der Waals surface area contributed by atoms with E-state index in [1.165, 1.54) is 13.2 Å². The highest BCUT2D eigenvalue weighted by atomic mass is 16.5. The summed E-state index contributed by atoms with van der Waals surface area (Å²) in [6, 6.07) is 0. The first-order valence-electron chi connectivity index (χ1n) is 4.91. The zero-order valence-electron chi connectivity index (χ0n) is 10.0. The Kier molecular flexibility index (Phi) is 5.05. The third kappa shape index (κ3) is 4.14. The van der Waals surface area contributed by atoms with Gasteiger partial charge in [-0.1, -0.05) is 12.5 Å². The van der Waals surface area contributed by atoms with Crippen LogP contribution in [-0.4, -0.2) is 24.5 Å². The molecule has 0 spiro atoms. The molecule has 4 nitrogen and oxygen atoms in total. The smallest absolute Gasteiger partial charge is 0.331 e. The molecule has 0 heterocycles. The maximum Gasteiger partial charge on any atom is 0.331 e. The zero-order valence-corrected chi connectivity index (χ0v) is 10.0. The molecule has 0 unspecified atom stereocenters. The topological polar surface area (TPSA) is 55.4 Å². The fourth-order valence-electron chi connectivity index (χ4n) is 1.08. The number of rotatable bonds is 4. The molecule has 0 aliphatic carbocycles. The Bertz CT molecular complexity index is 280. The molecule has 0 radical (unpaired) electrons. The van der Waals surface area contributed by atoms with Crippen molar-refractivity contribution in [3.05, 3.63) is 11.6 Å².